The second kappa shape index (κ2) is 7.59. The third-order valence-electron chi connectivity index (χ3n) is 4.32. The number of halogens is 1. The van der Waals surface area contributed by atoms with Gasteiger partial charge in [-0.15, -0.1) is 0 Å². The van der Waals surface area contributed by atoms with Gasteiger partial charge in [-0.3, -0.25) is 14.9 Å². The Kier molecular flexibility index (Phi) is 4.81. The molecule has 0 saturated heterocycles. The molecule has 0 amide bonds. The molecule has 1 heterocycles. The lowest BCUT2D eigenvalue weighted by Crippen LogP contribution is -2.10. The fourth-order valence-electron chi connectivity index (χ4n) is 2.90. The van der Waals surface area contributed by atoms with Gasteiger partial charge in [-0.05, 0) is 35.9 Å². The van der Waals surface area contributed by atoms with E-state index in [0.717, 1.165) is 6.07 Å². The van der Waals surface area contributed by atoms with Crippen molar-refractivity contribution in [3.05, 3.63) is 105 Å². The van der Waals surface area contributed by atoms with Crippen LogP contribution in [-0.2, 0) is 0 Å². The summed E-state index contributed by atoms with van der Waals surface area (Å²) in [5.41, 5.74) is 0.333. The maximum Gasteiger partial charge on any atom is 0.346 e. The Balaban J connectivity index is 1.57. The highest BCUT2D eigenvalue weighted by Gasteiger charge is 2.28. The number of ketones is 1. The number of nitrogens with zero attached hydrogens (tertiary/aromatic N) is 1. The van der Waals surface area contributed by atoms with E-state index in [4.69, 9.17) is 9.47 Å². The molecule has 3 aromatic rings. The molecule has 7 nitrogen and oxygen atoms in total. The highest BCUT2D eigenvalue weighted by molar-refractivity contribution is 6.14. The van der Waals surface area contributed by atoms with E-state index in [2.05, 4.69) is 0 Å². The minimum atomic E-state index is -0.885. The van der Waals surface area contributed by atoms with Crippen LogP contribution in [-0.4, -0.2) is 16.7 Å². The Morgan fingerprint density at radius 3 is 2.63 bits per heavy atom. The Bertz CT molecular complexity index is 1230. The van der Waals surface area contributed by atoms with Gasteiger partial charge in [0.1, 0.15) is 17.3 Å². The lowest BCUT2D eigenvalue weighted by atomic mass is 10.1. The van der Waals surface area contributed by atoms with Crippen LogP contribution in [0.25, 0.3) is 6.08 Å². The van der Waals surface area contributed by atoms with Gasteiger partial charge < -0.3 is 9.47 Å². The van der Waals surface area contributed by atoms with Gasteiger partial charge in [0.2, 0.25) is 5.78 Å². The van der Waals surface area contributed by atoms with E-state index in [1.807, 2.05) is 0 Å². The molecule has 4 rings (SSSR count). The van der Waals surface area contributed by atoms with E-state index in [0.29, 0.717) is 5.56 Å². The van der Waals surface area contributed by atoms with Crippen LogP contribution >= 0.6 is 0 Å². The van der Waals surface area contributed by atoms with Crippen LogP contribution in [0.15, 0.2) is 72.5 Å². The van der Waals surface area contributed by atoms with Gasteiger partial charge in [-0.25, -0.2) is 9.18 Å². The molecule has 1 aliphatic heterocycles. The normalized spacial score (nSPS) is 13.6. The number of esters is 1. The van der Waals surface area contributed by atoms with Gasteiger partial charge in [0.05, 0.1) is 16.1 Å². The Labute approximate surface area is 169 Å². The summed E-state index contributed by atoms with van der Waals surface area (Å²) in [7, 11) is 0. The summed E-state index contributed by atoms with van der Waals surface area (Å²) in [6.07, 6.45) is 1.39. The van der Waals surface area contributed by atoms with E-state index in [-0.39, 0.29) is 34.1 Å². The highest BCUT2D eigenvalue weighted by Crippen LogP contribution is 2.35. The predicted octanol–water partition coefficient (Wildman–Crippen LogP) is 4.57. The van der Waals surface area contributed by atoms with Crippen molar-refractivity contribution in [2.24, 2.45) is 0 Å². The Morgan fingerprint density at radius 1 is 1.07 bits per heavy atom. The second-order valence-corrected chi connectivity index (χ2v) is 6.32. The average molecular weight is 405 g/mol. The molecule has 0 aliphatic carbocycles. The molecule has 0 bridgehead atoms. The number of hydrogen-bond acceptors (Lipinski definition) is 6. The SMILES string of the molecule is O=C(Oc1ccc2c(c1)OC(=Cc1cccc([N+](=O)[O-])c1)C2=O)c1ccccc1F. The number of hydrogen-bond donors (Lipinski definition) is 0. The fourth-order valence-corrected chi connectivity index (χ4v) is 2.90. The quantitative estimate of drug-likeness (QED) is 0.207. The molecule has 0 N–H and O–H groups in total. The third kappa shape index (κ3) is 3.66. The van der Waals surface area contributed by atoms with E-state index >= 15 is 0 Å². The summed E-state index contributed by atoms with van der Waals surface area (Å²) in [5, 5.41) is 10.9. The van der Waals surface area contributed by atoms with Gasteiger partial charge in [0.25, 0.3) is 5.69 Å². The predicted molar refractivity (Wildman–Crippen MR) is 104 cm³/mol. The van der Waals surface area contributed by atoms with Crippen molar-refractivity contribution in [1.82, 2.24) is 0 Å². The molecular formula is C22H12FNO6. The van der Waals surface area contributed by atoms with Crippen LogP contribution in [0.5, 0.6) is 11.5 Å². The van der Waals surface area contributed by atoms with Crippen molar-refractivity contribution in [3.8, 4) is 11.5 Å². The first kappa shape index (κ1) is 19.0. The number of benzene rings is 3. The molecule has 0 radical (unpaired) electrons. The summed E-state index contributed by atoms with van der Waals surface area (Å²) < 4.78 is 24.5. The van der Waals surface area contributed by atoms with Crippen LogP contribution < -0.4 is 9.47 Å². The zero-order chi connectivity index (χ0) is 21.3. The smallest absolute Gasteiger partial charge is 0.346 e. The van der Waals surface area contributed by atoms with Crippen LogP contribution in [0.4, 0.5) is 10.1 Å². The molecule has 0 aromatic heterocycles. The second-order valence-electron chi connectivity index (χ2n) is 6.32. The molecule has 3 aromatic carbocycles. The number of allylic oxidation sites excluding steroid dienone is 1. The molecule has 8 heteroatoms. The van der Waals surface area contributed by atoms with E-state index in [1.54, 1.807) is 6.07 Å². The number of Topliss-reactive ketones (excluding diaryl/α,β-unsaturated/α-hetero) is 1. The molecule has 30 heavy (non-hydrogen) atoms. The Morgan fingerprint density at radius 2 is 1.87 bits per heavy atom. The standard InChI is InChI=1S/C22H12FNO6/c23-18-7-2-1-6-16(18)22(26)29-15-8-9-17-19(12-15)30-20(21(17)25)11-13-4-3-5-14(10-13)24(27)28/h1-12H. The van der Waals surface area contributed by atoms with Crippen LogP contribution in [0.2, 0.25) is 0 Å². The van der Waals surface area contributed by atoms with E-state index in [9.17, 15) is 24.1 Å². The van der Waals surface area contributed by atoms with E-state index in [1.165, 1.54) is 60.7 Å². The first-order valence-corrected chi connectivity index (χ1v) is 8.72. The summed E-state index contributed by atoms with van der Waals surface area (Å²) in [6.45, 7) is 0. The molecule has 148 valence electrons. The minimum absolute atomic E-state index is 0.0249. The zero-order valence-corrected chi connectivity index (χ0v) is 15.2. The van der Waals surface area contributed by atoms with Gasteiger partial charge >= 0.3 is 5.97 Å². The van der Waals surface area contributed by atoms with Crippen molar-refractivity contribution in [2.75, 3.05) is 0 Å². The number of nitro benzene ring substituents is 1. The summed E-state index contributed by atoms with van der Waals surface area (Å²) in [4.78, 5) is 35.1. The number of ether oxygens (including phenoxy) is 2. The van der Waals surface area contributed by atoms with Crippen molar-refractivity contribution in [1.29, 1.82) is 0 Å². The van der Waals surface area contributed by atoms with Crippen LogP contribution in [0, 0.1) is 15.9 Å². The first-order valence-electron chi connectivity index (χ1n) is 8.72. The topological polar surface area (TPSA) is 95.7 Å². The lowest BCUT2D eigenvalue weighted by molar-refractivity contribution is -0.384. The van der Waals surface area contributed by atoms with Crippen molar-refractivity contribution in [2.45, 2.75) is 0 Å². The molecule has 0 spiro atoms. The maximum absolute atomic E-state index is 13.7. The molecule has 0 unspecified atom stereocenters. The fraction of sp³-hybridized carbons (Fsp3) is 0. The van der Waals surface area contributed by atoms with Crippen LogP contribution in [0.3, 0.4) is 0 Å². The molecule has 0 fully saturated rings. The number of rotatable bonds is 4. The van der Waals surface area contributed by atoms with Crippen molar-refractivity contribution >= 4 is 23.5 Å². The molecule has 0 atom stereocenters. The van der Waals surface area contributed by atoms with Crippen LogP contribution in [0.1, 0.15) is 26.3 Å². The van der Waals surface area contributed by atoms with E-state index < -0.39 is 22.5 Å². The van der Waals surface area contributed by atoms with Gasteiger partial charge in [-0.2, -0.15) is 0 Å². The first-order chi connectivity index (χ1) is 14.4. The molecular weight excluding hydrogens is 393 g/mol. The average Bonchev–Trinajstić information content (AvgIpc) is 3.03. The summed E-state index contributed by atoms with van der Waals surface area (Å²) in [5.74, 6) is -1.80. The molecule has 0 saturated carbocycles. The monoisotopic (exact) mass is 405 g/mol. The van der Waals surface area contributed by atoms with Crippen molar-refractivity contribution in [3.63, 3.8) is 0 Å². The Hall–Kier alpha value is -4.33. The lowest BCUT2D eigenvalue weighted by Gasteiger charge is -2.06. The van der Waals surface area contributed by atoms with Crippen molar-refractivity contribution < 1.29 is 28.4 Å². The number of carbonyl (C=O) groups is 2. The zero-order valence-electron chi connectivity index (χ0n) is 15.2. The van der Waals surface area contributed by atoms with Gasteiger partial charge in [-0.1, -0.05) is 24.3 Å². The summed E-state index contributed by atoms with van der Waals surface area (Å²) >= 11 is 0. The summed E-state index contributed by atoms with van der Waals surface area (Å²) in [6, 6.07) is 15.3. The third-order valence-corrected chi connectivity index (χ3v) is 4.32. The van der Waals surface area contributed by atoms with Gasteiger partial charge in [0.15, 0.2) is 5.76 Å². The number of nitro groups is 1. The number of carbonyl (C=O) groups excluding carboxylic acids is 2. The number of fused-ring (bicyclic) bond motifs is 1. The largest absolute Gasteiger partial charge is 0.452 e. The van der Waals surface area contributed by atoms with Gasteiger partial charge in [0, 0.05) is 18.2 Å². The number of non-ortho nitro benzene ring substituents is 1. The minimum Gasteiger partial charge on any atom is -0.452 e. The molecule has 1 aliphatic rings. The highest BCUT2D eigenvalue weighted by atomic mass is 19.1. The maximum atomic E-state index is 13.7.